The lowest BCUT2D eigenvalue weighted by Gasteiger charge is -2.09. The van der Waals surface area contributed by atoms with Crippen LogP contribution in [-0.2, 0) is 0 Å². The van der Waals surface area contributed by atoms with Gasteiger partial charge in [-0.15, -0.1) is 0 Å². The molecule has 0 fully saturated rings. The molecule has 2 N–H and O–H groups in total. The maximum atomic E-state index is 11.5. The molecule has 0 bridgehead atoms. The highest BCUT2D eigenvalue weighted by Crippen LogP contribution is 2.01. The van der Waals surface area contributed by atoms with E-state index in [4.69, 9.17) is 11.6 Å². The molecule has 6 heteroatoms. The third-order valence-corrected chi connectivity index (χ3v) is 2.17. The number of aliphatic hydroxyl groups excluding tert-OH is 1. The molecule has 1 atom stereocenters. The third kappa shape index (κ3) is 4.12. The number of nitrogens with zero attached hydrogens (tertiary/aromatic N) is 2. The van der Waals surface area contributed by atoms with Crippen molar-refractivity contribution < 1.29 is 9.90 Å². The van der Waals surface area contributed by atoms with E-state index < -0.39 is 6.10 Å². The SMILES string of the molecule is CCCC(O)CNC(=O)c1cnc(Cl)cn1. The van der Waals surface area contributed by atoms with E-state index in [1.165, 1.54) is 12.4 Å². The van der Waals surface area contributed by atoms with Crippen LogP contribution in [0.2, 0.25) is 5.15 Å². The number of hydrogen-bond donors (Lipinski definition) is 2. The van der Waals surface area contributed by atoms with Crippen LogP contribution in [0.4, 0.5) is 0 Å². The molecule has 5 nitrogen and oxygen atoms in total. The molecule has 1 aromatic rings. The zero-order chi connectivity index (χ0) is 12.0. The standard InChI is InChI=1S/C10H14ClN3O2/c1-2-3-7(15)4-14-10(16)8-5-13-9(11)6-12-8/h5-7,15H,2-4H2,1H3,(H,14,16). The second-order valence-electron chi connectivity index (χ2n) is 3.38. The molecule has 1 aromatic heterocycles. The Labute approximate surface area is 98.9 Å². The summed E-state index contributed by atoms with van der Waals surface area (Å²) < 4.78 is 0. The predicted octanol–water partition coefficient (Wildman–Crippen LogP) is 1.02. The quantitative estimate of drug-likeness (QED) is 0.810. The number of aliphatic hydroxyl groups is 1. The Morgan fingerprint density at radius 2 is 2.31 bits per heavy atom. The maximum absolute atomic E-state index is 11.5. The molecule has 0 spiro atoms. The Bertz CT molecular complexity index is 342. The number of carbonyl (C=O) groups excluding carboxylic acids is 1. The van der Waals surface area contributed by atoms with Gasteiger partial charge in [-0.1, -0.05) is 24.9 Å². The van der Waals surface area contributed by atoms with Crippen molar-refractivity contribution in [3.8, 4) is 0 Å². The van der Waals surface area contributed by atoms with Crippen molar-refractivity contribution in [1.29, 1.82) is 0 Å². The van der Waals surface area contributed by atoms with Crippen molar-refractivity contribution in [1.82, 2.24) is 15.3 Å². The molecule has 1 amide bonds. The Morgan fingerprint density at radius 3 is 2.88 bits per heavy atom. The zero-order valence-electron chi connectivity index (χ0n) is 8.98. The smallest absolute Gasteiger partial charge is 0.271 e. The molecule has 0 aliphatic rings. The molecular formula is C10H14ClN3O2. The summed E-state index contributed by atoms with van der Waals surface area (Å²) in [5, 5.41) is 12.2. The van der Waals surface area contributed by atoms with Crippen molar-refractivity contribution in [2.75, 3.05) is 6.54 Å². The van der Waals surface area contributed by atoms with Crippen LogP contribution >= 0.6 is 11.6 Å². The third-order valence-electron chi connectivity index (χ3n) is 1.97. The van der Waals surface area contributed by atoms with E-state index in [1.807, 2.05) is 6.92 Å². The zero-order valence-corrected chi connectivity index (χ0v) is 9.74. The molecule has 0 aliphatic carbocycles. The van der Waals surface area contributed by atoms with Gasteiger partial charge in [0.25, 0.3) is 5.91 Å². The van der Waals surface area contributed by atoms with Crippen molar-refractivity contribution in [2.24, 2.45) is 0 Å². The first kappa shape index (κ1) is 12.9. The lowest BCUT2D eigenvalue weighted by atomic mass is 10.2. The maximum Gasteiger partial charge on any atom is 0.271 e. The normalized spacial score (nSPS) is 12.2. The number of amides is 1. The monoisotopic (exact) mass is 243 g/mol. The molecule has 0 radical (unpaired) electrons. The summed E-state index contributed by atoms with van der Waals surface area (Å²) in [7, 11) is 0. The van der Waals surface area contributed by atoms with Crippen molar-refractivity contribution >= 4 is 17.5 Å². The summed E-state index contributed by atoms with van der Waals surface area (Å²) in [6.07, 6.45) is 3.61. The highest BCUT2D eigenvalue weighted by atomic mass is 35.5. The highest BCUT2D eigenvalue weighted by molar-refractivity contribution is 6.29. The molecule has 0 aromatic carbocycles. The molecule has 0 aliphatic heterocycles. The van der Waals surface area contributed by atoms with E-state index in [2.05, 4.69) is 15.3 Å². The van der Waals surface area contributed by atoms with Crippen molar-refractivity contribution in [2.45, 2.75) is 25.9 Å². The summed E-state index contributed by atoms with van der Waals surface area (Å²) in [6, 6.07) is 0. The molecule has 0 saturated carbocycles. The van der Waals surface area contributed by atoms with E-state index in [-0.39, 0.29) is 23.3 Å². The lowest BCUT2D eigenvalue weighted by molar-refractivity contribution is 0.0905. The van der Waals surface area contributed by atoms with E-state index in [0.717, 1.165) is 6.42 Å². The predicted molar refractivity (Wildman–Crippen MR) is 60.3 cm³/mol. The summed E-state index contributed by atoms with van der Waals surface area (Å²) in [5.74, 6) is -0.362. The van der Waals surface area contributed by atoms with Crippen LogP contribution in [0.15, 0.2) is 12.4 Å². The molecule has 16 heavy (non-hydrogen) atoms. The van der Waals surface area contributed by atoms with Gasteiger partial charge in [-0.3, -0.25) is 4.79 Å². The largest absolute Gasteiger partial charge is 0.391 e. The van der Waals surface area contributed by atoms with Crippen LogP contribution < -0.4 is 5.32 Å². The fraction of sp³-hybridized carbons (Fsp3) is 0.500. The Hall–Kier alpha value is -1.20. The first-order valence-electron chi connectivity index (χ1n) is 5.07. The Kier molecular flexibility index (Phi) is 5.14. The van der Waals surface area contributed by atoms with Gasteiger partial charge in [0.15, 0.2) is 0 Å². The number of rotatable bonds is 5. The fourth-order valence-corrected chi connectivity index (χ4v) is 1.26. The van der Waals surface area contributed by atoms with E-state index >= 15 is 0 Å². The molecule has 1 unspecified atom stereocenters. The second-order valence-corrected chi connectivity index (χ2v) is 3.76. The molecule has 88 valence electrons. The minimum absolute atomic E-state index is 0.188. The van der Waals surface area contributed by atoms with Gasteiger partial charge < -0.3 is 10.4 Å². The van der Waals surface area contributed by atoms with Gasteiger partial charge in [-0.05, 0) is 6.42 Å². The second kappa shape index (κ2) is 6.40. The van der Waals surface area contributed by atoms with E-state index in [1.54, 1.807) is 0 Å². The first-order valence-corrected chi connectivity index (χ1v) is 5.45. The number of carbonyl (C=O) groups is 1. The van der Waals surface area contributed by atoms with Crippen LogP contribution in [0, 0.1) is 0 Å². The molecular weight excluding hydrogens is 230 g/mol. The van der Waals surface area contributed by atoms with Crippen molar-refractivity contribution in [3.05, 3.63) is 23.2 Å². The Morgan fingerprint density at radius 1 is 1.56 bits per heavy atom. The van der Waals surface area contributed by atoms with Crippen molar-refractivity contribution in [3.63, 3.8) is 0 Å². The first-order chi connectivity index (χ1) is 7.63. The van der Waals surface area contributed by atoms with Gasteiger partial charge in [0.1, 0.15) is 10.8 Å². The van der Waals surface area contributed by atoms with Crippen LogP contribution in [0.25, 0.3) is 0 Å². The summed E-state index contributed by atoms with van der Waals surface area (Å²) >= 11 is 5.54. The topological polar surface area (TPSA) is 75.1 Å². The van der Waals surface area contributed by atoms with Gasteiger partial charge >= 0.3 is 0 Å². The van der Waals surface area contributed by atoms with Gasteiger partial charge in [0.2, 0.25) is 0 Å². The van der Waals surface area contributed by atoms with Gasteiger partial charge in [0.05, 0.1) is 18.5 Å². The minimum Gasteiger partial charge on any atom is -0.391 e. The van der Waals surface area contributed by atoms with E-state index in [0.29, 0.717) is 6.42 Å². The highest BCUT2D eigenvalue weighted by Gasteiger charge is 2.09. The fourth-order valence-electron chi connectivity index (χ4n) is 1.17. The van der Waals surface area contributed by atoms with Crippen LogP contribution in [0.1, 0.15) is 30.3 Å². The lowest BCUT2D eigenvalue weighted by Crippen LogP contribution is -2.32. The van der Waals surface area contributed by atoms with Crippen LogP contribution in [-0.4, -0.2) is 33.6 Å². The molecule has 1 heterocycles. The summed E-state index contributed by atoms with van der Waals surface area (Å²) in [5.41, 5.74) is 0.188. The average molecular weight is 244 g/mol. The van der Waals surface area contributed by atoms with Crippen LogP contribution in [0.5, 0.6) is 0 Å². The van der Waals surface area contributed by atoms with Crippen LogP contribution in [0.3, 0.4) is 0 Å². The van der Waals surface area contributed by atoms with Gasteiger partial charge in [-0.25, -0.2) is 9.97 Å². The minimum atomic E-state index is -0.519. The van der Waals surface area contributed by atoms with E-state index in [9.17, 15) is 9.90 Å². The number of nitrogens with one attached hydrogen (secondary N) is 1. The summed E-state index contributed by atoms with van der Waals surface area (Å²) in [6.45, 7) is 2.19. The number of halogens is 1. The summed E-state index contributed by atoms with van der Waals surface area (Å²) in [4.78, 5) is 19.1. The molecule has 1 rings (SSSR count). The Balaban J connectivity index is 2.43. The molecule has 0 saturated heterocycles. The van der Waals surface area contributed by atoms with Gasteiger partial charge in [-0.2, -0.15) is 0 Å². The van der Waals surface area contributed by atoms with Gasteiger partial charge in [0, 0.05) is 6.54 Å². The average Bonchev–Trinajstić information content (AvgIpc) is 2.27. The number of hydrogen-bond acceptors (Lipinski definition) is 4. The number of aromatic nitrogens is 2.